The average molecular weight is 214 g/mol. The molecule has 3 nitrogen and oxygen atoms in total. The van der Waals surface area contributed by atoms with Crippen molar-refractivity contribution in [1.29, 1.82) is 0 Å². The van der Waals surface area contributed by atoms with Gasteiger partial charge in [-0.25, -0.2) is 0 Å². The third kappa shape index (κ3) is 3.44. The standard InChI is InChI=1S/C12H26N2O/c1-9(2)12(4,15)8-14-6-5-11(13)10(3)7-14/h9-11,15H,5-8,13H2,1-4H3. The highest BCUT2D eigenvalue weighted by atomic mass is 16.3. The first-order valence-corrected chi connectivity index (χ1v) is 6.03. The minimum atomic E-state index is -0.582. The maximum atomic E-state index is 10.2. The van der Waals surface area contributed by atoms with Crippen molar-refractivity contribution >= 4 is 0 Å². The Kier molecular flexibility index (Phi) is 4.15. The fraction of sp³-hybridized carbons (Fsp3) is 1.00. The van der Waals surface area contributed by atoms with Crippen LogP contribution in [0.3, 0.4) is 0 Å². The molecule has 0 spiro atoms. The molecule has 1 saturated heterocycles. The van der Waals surface area contributed by atoms with E-state index in [1.165, 1.54) is 0 Å². The number of rotatable bonds is 3. The summed E-state index contributed by atoms with van der Waals surface area (Å²) in [6, 6.07) is 0.338. The van der Waals surface area contributed by atoms with Gasteiger partial charge in [0.15, 0.2) is 0 Å². The molecule has 0 radical (unpaired) electrons. The summed E-state index contributed by atoms with van der Waals surface area (Å²) in [6.45, 7) is 11.1. The maximum Gasteiger partial charge on any atom is 0.0768 e. The predicted molar refractivity (Wildman–Crippen MR) is 63.7 cm³/mol. The fourth-order valence-electron chi connectivity index (χ4n) is 2.03. The molecule has 0 amide bonds. The molecule has 90 valence electrons. The van der Waals surface area contributed by atoms with Crippen molar-refractivity contribution < 1.29 is 5.11 Å². The maximum absolute atomic E-state index is 10.2. The Morgan fingerprint density at radius 3 is 2.60 bits per heavy atom. The molecule has 3 unspecified atom stereocenters. The van der Waals surface area contributed by atoms with Gasteiger partial charge in [-0.3, -0.25) is 0 Å². The van der Waals surface area contributed by atoms with Crippen LogP contribution in [0.15, 0.2) is 0 Å². The van der Waals surface area contributed by atoms with Crippen LogP contribution in [0.4, 0.5) is 0 Å². The van der Waals surface area contributed by atoms with Crippen molar-refractivity contribution in [1.82, 2.24) is 4.90 Å². The van der Waals surface area contributed by atoms with Crippen molar-refractivity contribution in [2.75, 3.05) is 19.6 Å². The van der Waals surface area contributed by atoms with Crippen molar-refractivity contribution in [3.63, 3.8) is 0 Å². The zero-order valence-corrected chi connectivity index (χ0v) is 10.5. The molecule has 3 atom stereocenters. The first-order chi connectivity index (χ1) is 6.83. The Morgan fingerprint density at radius 2 is 2.13 bits per heavy atom. The van der Waals surface area contributed by atoms with Crippen molar-refractivity contribution in [2.45, 2.75) is 45.8 Å². The number of likely N-dealkylation sites (tertiary alicyclic amines) is 1. The second-order valence-electron chi connectivity index (χ2n) is 5.68. The summed E-state index contributed by atoms with van der Waals surface area (Å²) in [4.78, 5) is 2.34. The Bertz CT molecular complexity index is 204. The summed E-state index contributed by atoms with van der Waals surface area (Å²) in [7, 11) is 0. The fourth-order valence-corrected chi connectivity index (χ4v) is 2.03. The number of hydrogen-bond donors (Lipinski definition) is 2. The first-order valence-electron chi connectivity index (χ1n) is 6.03. The molecule has 3 N–H and O–H groups in total. The van der Waals surface area contributed by atoms with E-state index in [2.05, 4.69) is 25.7 Å². The van der Waals surface area contributed by atoms with Gasteiger partial charge in [0.25, 0.3) is 0 Å². The molecule has 0 saturated carbocycles. The third-order valence-electron chi connectivity index (χ3n) is 3.84. The summed E-state index contributed by atoms with van der Waals surface area (Å²) in [6.07, 6.45) is 1.05. The molecule has 1 fully saturated rings. The highest BCUT2D eigenvalue weighted by Crippen LogP contribution is 2.21. The van der Waals surface area contributed by atoms with E-state index in [-0.39, 0.29) is 0 Å². The van der Waals surface area contributed by atoms with Crippen molar-refractivity contribution in [2.24, 2.45) is 17.6 Å². The number of nitrogens with two attached hydrogens (primary N) is 1. The number of hydrogen-bond acceptors (Lipinski definition) is 3. The quantitative estimate of drug-likeness (QED) is 0.738. The summed E-state index contributed by atoms with van der Waals surface area (Å²) in [5.41, 5.74) is 5.39. The second-order valence-corrected chi connectivity index (χ2v) is 5.68. The van der Waals surface area contributed by atoms with E-state index in [9.17, 15) is 5.11 Å². The smallest absolute Gasteiger partial charge is 0.0768 e. The lowest BCUT2D eigenvalue weighted by atomic mass is 9.89. The average Bonchev–Trinajstić information content (AvgIpc) is 2.10. The van der Waals surface area contributed by atoms with Crippen LogP contribution in [0, 0.1) is 11.8 Å². The lowest BCUT2D eigenvalue weighted by Crippen LogP contribution is -2.52. The van der Waals surface area contributed by atoms with Crippen LogP contribution in [0.1, 0.15) is 34.1 Å². The SMILES string of the molecule is CC1CN(CC(C)(O)C(C)C)CCC1N. The highest BCUT2D eigenvalue weighted by Gasteiger charge is 2.31. The van der Waals surface area contributed by atoms with Gasteiger partial charge < -0.3 is 15.7 Å². The molecular weight excluding hydrogens is 188 g/mol. The van der Waals surface area contributed by atoms with Gasteiger partial charge in [0.05, 0.1) is 5.60 Å². The number of aliphatic hydroxyl groups is 1. The van der Waals surface area contributed by atoms with Crippen LogP contribution in [0.2, 0.25) is 0 Å². The van der Waals surface area contributed by atoms with E-state index in [4.69, 9.17) is 5.73 Å². The van der Waals surface area contributed by atoms with Gasteiger partial charge in [-0.1, -0.05) is 20.8 Å². The van der Waals surface area contributed by atoms with Crippen LogP contribution < -0.4 is 5.73 Å². The third-order valence-corrected chi connectivity index (χ3v) is 3.84. The molecule has 1 heterocycles. The van der Waals surface area contributed by atoms with Crippen LogP contribution >= 0.6 is 0 Å². The molecule has 0 aromatic carbocycles. The molecule has 0 aliphatic carbocycles. The monoisotopic (exact) mass is 214 g/mol. The molecule has 0 bridgehead atoms. The van der Waals surface area contributed by atoms with Crippen LogP contribution in [0.5, 0.6) is 0 Å². The lowest BCUT2D eigenvalue weighted by molar-refractivity contribution is -0.0284. The Balaban J connectivity index is 2.46. The van der Waals surface area contributed by atoms with E-state index in [1.807, 2.05) is 6.92 Å². The second kappa shape index (κ2) is 4.81. The Labute approximate surface area is 93.6 Å². The Hall–Kier alpha value is -0.120. The highest BCUT2D eigenvalue weighted by molar-refractivity contribution is 4.86. The van der Waals surface area contributed by atoms with Gasteiger partial charge in [-0.2, -0.15) is 0 Å². The minimum absolute atomic E-state index is 0.295. The summed E-state index contributed by atoms with van der Waals surface area (Å²) < 4.78 is 0. The molecule has 3 heteroatoms. The summed E-state index contributed by atoms with van der Waals surface area (Å²) in [5.74, 6) is 0.838. The van der Waals surface area contributed by atoms with Gasteiger partial charge in [0.1, 0.15) is 0 Å². The lowest BCUT2D eigenvalue weighted by Gasteiger charge is -2.40. The largest absolute Gasteiger partial charge is 0.389 e. The molecule has 1 rings (SSSR count). The predicted octanol–water partition coefficient (Wildman–Crippen LogP) is 1.06. The minimum Gasteiger partial charge on any atom is -0.389 e. The van der Waals surface area contributed by atoms with Gasteiger partial charge in [0.2, 0.25) is 0 Å². The summed E-state index contributed by atoms with van der Waals surface area (Å²) >= 11 is 0. The topological polar surface area (TPSA) is 49.5 Å². The number of nitrogens with zero attached hydrogens (tertiary/aromatic N) is 1. The van der Waals surface area contributed by atoms with E-state index in [0.717, 1.165) is 26.1 Å². The molecule has 0 aromatic heterocycles. The normalized spacial score (nSPS) is 33.0. The molecule has 1 aliphatic heterocycles. The Morgan fingerprint density at radius 1 is 1.53 bits per heavy atom. The zero-order valence-electron chi connectivity index (χ0n) is 10.5. The van der Waals surface area contributed by atoms with Gasteiger partial charge in [-0.05, 0) is 31.7 Å². The van der Waals surface area contributed by atoms with Crippen molar-refractivity contribution in [3.05, 3.63) is 0 Å². The van der Waals surface area contributed by atoms with Crippen LogP contribution in [0.25, 0.3) is 0 Å². The van der Waals surface area contributed by atoms with Crippen LogP contribution in [-0.2, 0) is 0 Å². The van der Waals surface area contributed by atoms with Gasteiger partial charge >= 0.3 is 0 Å². The summed E-state index contributed by atoms with van der Waals surface area (Å²) in [5, 5.41) is 10.2. The molecule has 0 aromatic rings. The van der Waals surface area contributed by atoms with Gasteiger partial charge in [-0.15, -0.1) is 0 Å². The molecule has 1 aliphatic rings. The molecular formula is C12H26N2O. The number of piperidine rings is 1. The van der Waals surface area contributed by atoms with Gasteiger partial charge in [0, 0.05) is 19.1 Å². The van der Waals surface area contributed by atoms with Crippen molar-refractivity contribution in [3.8, 4) is 0 Å². The zero-order chi connectivity index (χ0) is 11.6. The van der Waals surface area contributed by atoms with E-state index in [0.29, 0.717) is 17.9 Å². The van der Waals surface area contributed by atoms with E-state index in [1.54, 1.807) is 0 Å². The molecule has 15 heavy (non-hydrogen) atoms. The van der Waals surface area contributed by atoms with E-state index >= 15 is 0 Å². The van der Waals surface area contributed by atoms with Crippen LogP contribution in [-0.4, -0.2) is 41.3 Å². The van der Waals surface area contributed by atoms with E-state index < -0.39 is 5.60 Å². The number of β-amino-alcohol motifs (C(OH)–C–C–N with tert-alkyl or cyclic N) is 1. The first kappa shape index (κ1) is 12.9.